The van der Waals surface area contributed by atoms with Gasteiger partial charge in [-0.05, 0) is 61.3 Å². The van der Waals surface area contributed by atoms with Crippen molar-refractivity contribution in [2.24, 2.45) is 10.9 Å². The SMILES string of the molecule is CCN1C(=O)c2c(nc(CC3CCSCC3)n2Cc2ccc(C)c(Cl)c2)N2CCN=C12. The topological polar surface area (TPSA) is 53.7 Å². The third-order valence-electron chi connectivity index (χ3n) is 6.50. The fourth-order valence-electron chi connectivity index (χ4n) is 4.71. The Hall–Kier alpha value is -1.99. The zero-order valence-electron chi connectivity index (χ0n) is 18.1. The van der Waals surface area contributed by atoms with Crippen LogP contribution in [0, 0.1) is 12.8 Å². The minimum Gasteiger partial charge on any atom is -0.318 e. The molecule has 164 valence electrons. The van der Waals surface area contributed by atoms with Crippen LogP contribution in [0.15, 0.2) is 23.2 Å². The molecule has 6 nitrogen and oxygen atoms in total. The Morgan fingerprint density at radius 3 is 2.81 bits per heavy atom. The summed E-state index contributed by atoms with van der Waals surface area (Å²) in [5.41, 5.74) is 2.84. The van der Waals surface area contributed by atoms with E-state index in [2.05, 4.69) is 20.5 Å². The third-order valence-corrected chi connectivity index (χ3v) is 7.95. The summed E-state index contributed by atoms with van der Waals surface area (Å²) in [5, 5.41) is 0.757. The summed E-state index contributed by atoms with van der Waals surface area (Å²) in [7, 11) is 0. The minimum atomic E-state index is 0.00515. The molecule has 1 saturated heterocycles. The number of carbonyl (C=O) groups excluding carboxylic acids is 1. The monoisotopic (exact) mass is 457 g/mol. The van der Waals surface area contributed by atoms with Crippen molar-refractivity contribution >= 4 is 41.0 Å². The van der Waals surface area contributed by atoms with Gasteiger partial charge in [0.15, 0.2) is 11.5 Å². The van der Waals surface area contributed by atoms with Gasteiger partial charge in [0.2, 0.25) is 5.96 Å². The van der Waals surface area contributed by atoms with Crippen molar-refractivity contribution < 1.29 is 4.79 Å². The molecule has 0 bridgehead atoms. The second-order valence-corrected chi connectivity index (χ2v) is 10.1. The number of hydrogen-bond donors (Lipinski definition) is 0. The number of benzene rings is 1. The maximum absolute atomic E-state index is 13.6. The zero-order chi connectivity index (χ0) is 21.5. The van der Waals surface area contributed by atoms with Gasteiger partial charge in [0.1, 0.15) is 5.82 Å². The van der Waals surface area contributed by atoms with Gasteiger partial charge < -0.3 is 4.57 Å². The molecule has 0 spiro atoms. The maximum atomic E-state index is 13.6. The Labute approximate surface area is 192 Å². The van der Waals surface area contributed by atoms with Gasteiger partial charge in [-0.25, -0.2) is 4.98 Å². The van der Waals surface area contributed by atoms with Gasteiger partial charge in [0.25, 0.3) is 5.91 Å². The van der Waals surface area contributed by atoms with Gasteiger partial charge in [0, 0.05) is 31.1 Å². The van der Waals surface area contributed by atoms with Gasteiger partial charge >= 0.3 is 0 Å². The molecule has 1 aromatic carbocycles. The van der Waals surface area contributed by atoms with Gasteiger partial charge in [0.05, 0.1) is 6.54 Å². The largest absolute Gasteiger partial charge is 0.318 e. The number of halogens is 1. The van der Waals surface area contributed by atoms with E-state index in [9.17, 15) is 4.79 Å². The highest BCUT2D eigenvalue weighted by atomic mass is 35.5. The number of nitrogens with zero attached hydrogens (tertiary/aromatic N) is 5. The Kier molecular flexibility index (Phi) is 5.73. The third kappa shape index (κ3) is 3.76. The fourth-order valence-corrected chi connectivity index (χ4v) is 6.11. The lowest BCUT2D eigenvalue weighted by Gasteiger charge is -2.33. The average molecular weight is 458 g/mol. The number of anilines is 1. The van der Waals surface area contributed by atoms with Crippen molar-refractivity contribution in [3.63, 3.8) is 0 Å². The van der Waals surface area contributed by atoms with E-state index in [1.807, 2.05) is 37.7 Å². The van der Waals surface area contributed by atoms with Gasteiger partial charge in [-0.2, -0.15) is 11.8 Å². The van der Waals surface area contributed by atoms with Crippen LogP contribution in [0.5, 0.6) is 0 Å². The average Bonchev–Trinajstić information content (AvgIpc) is 3.38. The van der Waals surface area contributed by atoms with Gasteiger partial charge in [-0.3, -0.25) is 19.6 Å². The standard InChI is InChI=1S/C23H28ClN5OS/c1-3-27-22(30)20-21(28-9-8-25-23(27)28)26-19(13-16-6-10-31-11-7-16)29(20)14-17-5-4-15(2)18(24)12-17/h4-5,12,16H,3,6-11,13-14H2,1-2H3. The summed E-state index contributed by atoms with van der Waals surface area (Å²) >= 11 is 8.45. The summed E-state index contributed by atoms with van der Waals surface area (Å²) < 4.78 is 2.15. The predicted octanol–water partition coefficient (Wildman–Crippen LogP) is 4.23. The summed E-state index contributed by atoms with van der Waals surface area (Å²) in [6.07, 6.45) is 3.33. The lowest BCUT2D eigenvalue weighted by Crippen LogP contribution is -2.50. The number of thioether (sulfide) groups is 1. The number of amides is 1. The number of fused-ring (bicyclic) bond motifs is 3. The molecule has 31 heavy (non-hydrogen) atoms. The molecule has 5 rings (SSSR count). The van der Waals surface area contributed by atoms with Crippen LogP contribution in [0.4, 0.5) is 5.82 Å². The van der Waals surface area contributed by atoms with E-state index < -0.39 is 0 Å². The highest BCUT2D eigenvalue weighted by Gasteiger charge is 2.41. The van der Waals surface area contributed by atoms with E-state index >= 15 is 0 Å². The summed E-state index contributed by atoms with van der Waals surface area (Å²) in [6.45, 7) is 6.69. The van der Waals surface area contributed by atoms with E-state index in [1.54, 1.807) is 4.90 Å². The van der Waals surface area contributed by atoms with Crippen LogP contribution < -0.4 is 4.90 Å². The van der Waals surface area contributed by atoms with Crippen LogP contribution in [0.1, 0.15) is 47.2 Å². The molecule has 0 atom stereocenters. The molecular formula is C23H28ClN5OS. The van der Waals surface area contributed by atoms with Crippen LogP contribution in [0.25, 0.3) is 0 Å². The predicted molar refractivity (Wildman–Crippen MR) is 128 cm³/mol. The first-order valence-corrected chi connectivity index (χ1v) is 12.7. The second kappa shape index (κ2) is 8.51. The van der Waals surface area contributed by atoms with Crippen LogP contribution >= 0.6 is 23.4 Å². The van der Waals surface area contributed by atoms with Crippen molar-refractivity contribution in [3.8, 4) is 0 Å². The van der Waals surface area contributed by atoms with E-state index in [0.717, 1.165) is 46.7 Å². The molecule has 2 aromatic rings. The molecule has 3 aliphatic rings. The highest BCUT2D eigenvalue weighted by Crippen LogP contribution is 2.34. The second-order valence-electron chi connectivity index (χ2n) is 8.51. The number of guanidine groups is 1. The summed E-state index contributed by atoms with van der Waals surface area (Å²) in [5.74, 6) is 5.60. The van der Waals surface area contributed by atoms with Crippen LogP contribution in [0.2, 0.25) is 5.02 Å². The number of aromatic nitrogens is 2. The zero-order valence-corrected chi connectivity index (χ0v) is 19.7. The highest BCUT2D eigenvalue weighted by molar-refractivity contribution is 7.99. The molecule has 4 heterocycles. The number of imidazole rings is 1. The van der Waals surface area contributed by atoms with Gasteiger partial charge in [-0.15, -0.1) is 0 Å². The Morgan fingerprint density at radius 1 is 1.26 bits per heavy atom. The number of hydrogen-bond acceptors (Lipinski definition) is 5. The summed E-state index contributed by atoms with van der Waals surface area (Å²) in [6, 6.07) is 6.16. The molecule has 0 saturated carbocycles. The van der Waals surface area contributed by atoms with Crippen molar-refractivity contribution in [1.29, 1.82) is 0 Å². The number of aryl methyl sites for hydroxylation is 1. The first-order chi connectivity index (χ1) is 15.1. The number of carbonyl (C=O) groups is 1. The Balaban J connectivity index is 1.59. The normalized spacial score (nSPS) is 18.9. The van der Waals surface area contributed by atoms with E-state index in [-0.39, 0.29) is 5.91 Å². The number of rotatable bonds is 5. The lowest BCUT2D eigenvalue weighted by molar-refractivity contribution is 0.0836. The first-order valence-electron chi connectivity index (χ1n) is 11.1. The first kappa shape index (κ1) is 20.9. The fraction of sp³-hybridized carbons (Fsp3) is 0.522. The van der Waals surface area contributed by atoms with Crippen molar-refractivity contribution in [2.75, 3.05) is 36.0 Å². The van der Waals surface area contributed by atoms with E-state index in [4.69, 9.17) is 16.6 Å². The molecule has 0 aliphatic carbocycles. The van der Waals surface area contributed by atoms with Gasteiger partial charge in [-0.1, -0.05) is 23.7 Å². The molecule has 0 N–H and O–H groups in total. The van der Waals surface area contributed by atoms with E-state index in [1.165, 1.54) is 24.3 Å². The van der Waals surface area contributed by atoms with Crippen molar-refractivity contribution in [1.82, 2.24) is 14.5 Å². The molecule has 1 amide bonds. The molecule has 0 radical (unpaired) electrons. The molecule has 1 fully saturated rings. The van der Waals surface area contributed by atoms with Crippen molar-refractivity contribution in [2.45, 2.75) is 39.7 Å². The van der Waals surface area contributed by atoms with Crippen LogP contribution in [-0.2, 0) is 13.0 Å². The van der Waals surface area contributed by atoms with Crippen LogP contribution in [0.3, 0.4) is 0 Å². The Morgan fingerprint density at radius 2 is 2.06 bits per heavy atom. The molecule has 0 unspecified atom stereocenters. The van der Waals surface area contributed by atoms with E-state index in [0.29, 0.717) is 31.2 Å². The molecule has 3 aliphatic heterocycles. The molecule has 1 aromatic heterocycles. The quantitative estimate of drug-likeness (QED) is 0.674. The smallest absolute Gasteiger partial charge is 0.281 e. The van der Waals surface area contributed by atoms with Crippen LogP contribution in [-0.4, -0.2) is 57.5 Å². The Bertz CT molecular complexity index is 1040. The molecule has 8 heteroatoms. The summed E-state index contributed by atoms with van der Waals surface area (Å²) in [4.78, 5) is 27.1. The lowest BCUT2D eigenvalue weighted by atomic mass is 9.98. The molecular weight excluding hydrogens is 430 g/mol. The maximum Gasteiger partial charge on any atom is 0.281 e. The van der Waals surface area contributed by atoms with Crippen molar-refractivity contribution in [3.05, 3.63) is 45.9 Å². The minimum absolute atomic E-state index is 0.00515. The number of aliphatic imine (C=N–C) groups is 1.